The number of anilines is 1. The van der Waals surface area contributed by atoms with E-state index in [4.69, 9.17) is 5.73 Å². The summed E-state index contributed by atoms with van der Waals surface area (Å²) in [6.45, 7) is 1.59. The van der Waals surface area contributed by atoms with E-state index >= 15 is 0 Å². The SMILES string of the molecule is Cc1ccc(C(=O)Nc2cccc(C(N)=O)c2)cc1[N+](=O)[O-]. The summed E-state index contributed by atoms with van der Waals surface area (Å²) in [6, 6.07) is 10.3. The largest absolute Gasteiger partial charge is 0.366 e. The molecule has 2 aromatic carbocycles. The molecule has 0 saturated carbocycles. The molecular weight excluding hydrogens is 286 g/mol. The van der Waals surface area contributed by atoms with Crippen molar-refractivity contribution in [2.45, 2.75) is 6.92 Å². The average Bonchev–Trinajstić information content (AvgIpc) is 2.47. The van der Waals surface area contributed by atoms with E-state index in [0.717, 1.165) is 0 Å². The molecule has 0 aliphatic heterocycles. The maximum atomic E-state index is 12.1. The van der Waals surface area contributed by atoms with Gasteiger partial charge >= 0.3 is 0 Å². The predicted molar refractivity (Wildman–Crippen MR) is 80.7 cm³/mol. The number of rotatable bonds is 4. The molecule has 2 aromatic rings. The Hall–Kier alpha value is -3.22. The smallest absolute Gasteiger partial charge is 0.273 e. The van der Waals surface area contributed by atoms with Gasteiger partial charge in [-0.2, -0.15) is 0 Å². The predicted octanol–water partition coefficient (Wildman–Crippen LogP) is 2.25. The minimum absolute atomic E-state index is 0.126. The normalized spacial score (nSPS) is 10.0. The van der Waals surface area contributed by atoms with Crippen LogP contribution in [0.2, 0.25) is 0 Å². The number of aryl methyl sites for hydroxylation is 1. The van der Waals surface area contributed by atoms with Gasteiger partial charge in [0.25, 0.3) is 11.6 Å². The number of nitrogens with one attached hydrogen (secondary N) is 1. The lowest BCUT2D eigenvalue weighted by atomic mass is 10.1. The minimum Gasteiger partial charge on any atom is -0.366 e. The van der Waals surface area contributed by atoms with E-state index in [2.05, 4.69) is 5.32 Å². The number of carbonyl (C=O) groups excluding carboxylic acids is 2. The van der Waals surface area contributed by atoms with Gasteiger partial charge in [-0.25, -0.2) is 0 Å². The first-order chi connectivity index (χ1) is 10.4. The summed E-state index contributed by atoms with van der Waals surface area (Å²) < 4.78 is 0. The number of nitrogens with two attached hydrogens (primary N) is 1. The number of nitro benzene ring substituents is 1. The third-order valence-corrected chi connectivity index (χ3v) is 3.07. The van der Waals surface area contributed by atoms with Gasteiger partial charge in [-0.1, -0.05) is 12.1 Å². The summed E-state index contributed by atoms with van der Waals surface area (Å²) in [5, 5.41) is 13.5. The molecule has 22 heavy (non-hydrogen) atoms. The van der Waals surface area contributed by atoms with E-state index in [-0.39, 0.29) is 16.8 Å². The topological polar surface area (TPSA) is 115 Å². The van der Waals surface area contributed by atoms with Gasteiger partial charge in [0.1, 0.15) is 0 Å². The molecule has 3 N–H and O–H groups in total. The Morgan fingerprint density at radius 1 is 1.14 bits per heavy atom. The average molecular weight is 299 g/mol. The first kappa shape index (κ1) is 15.2. The Kier molecular flexibility index (Phi) is 4.17. The minimum atomic E-state index is -0.609. The van der Waals surface area contributed by atoms with Crippen LogP contribution in [0.4, 0.5) is 11.4 Å². The highest BCUT2D eigenvalue weighted by Crippen LogP contribution is 2.20. The first-order valence-electron chi connectivity index (χ1n) is 6.35. The van der Waals surface area contributed by atoms with Crippen LogP contribution in [-0.2, 0) is 0 Å². The van der Waals surface area contributed by atoms with Crippen molar-refractivity contribution >= 4 is 23.2 Å². The van der Waals surface area contributed by atoms with Gasteiger partial charge in [-0.3, -0.25) is 19.7 Å². The molecule has 0 atom stereocenters. The number of nitro groups is 1. The van der Waals surface area contributed by atoms with Crippen LogP contribution in [0.1, 0.15) is 26.3 Å². The molecule has 0 saturated heterocycles. The van der Waals surface area contributed by atoms with E-state index in [9.17, 15) is 19.7 Å². The van der Waals surface area contributed by atoms with E-state index < -0.39 is 16.7 Å². The molecule has 0 unspecified atom stereocenters. The number of carbonyl (C=O) groups is 2. The quantitative estimate of drug-likeness (QED) is 0.665. The van der Waals surface area contributed by atoms with Crippen LogP contribution in [0, 0.1) is 17.0 Å². The Balaban J connectivity index is 2.26. The zero-order chi connectivity index (χ0) is 16.3. The summed E-state index contributed by atoms with van der Waals surface area (Å²) >= 11 is 0. The van der Waals surface area contributed by atoms with Crippen molar-refractivity contribution in [3.05, 3.63) is 69.3 Å². The second-order valence-corrected chi connectivity index (χ2v) is 4.66. The van der Waals surface area contributed by atoms with Crippen LogP contribution in [0.15, 0.2) is 42.5 Å². The molecule has 0 aliphatic carbocycles. The molecule has 0 bridgehead atoms. The highest BCUT2D eigenvalue weighted by Gasteiger charge is 2.15. The summed E-state index contributed by atoms with van der Waals surface area (Å²) in [5.41, 5.74) is 6.30. The Labute approximate surface area is 125 Å². The number of hydrogen-bond donors (Lipinski definition) is 2. The number of hydrogen-bond acceptors (Lipinski definition) is 4. The standard InChI is InChI=1S/C15H13N3O4/c1-9-5-6-11(8-13(9)18(21)22)15(20)17-12-4-2-3-10(7-12)14(16)19/h2-8H,1H3,(H2,16,19)(H,17,20). The molecule has 112 valence electrons. The van der Waals surface area contributed by atoms with E-state index in [1.54, 1.807) is 19.1 Å². The highest BCUT2D eigenvalue weighted by molar-refractivity contribution is 6.05. The Bertz CT molecular complexity index is 771. The maximum absolute atomic E-state index is 12.1. The monoisotopic (exact) mass is 299 g/mol. The summed E-state index contributed by atoms with van der Waals surface area (Å²) in [7, 11) is 0. The Morgan fingerprint density at radius 2 is 1.86 bits per heavy atom. The molecule has 0 aliphatic rings. The van der Waals surface area contributed by atoms with E-state index in [1.165, 1.54) is 30.3 Å². The van der Waals surface area contributed by atoms with Crippen molar-refractivity contribution in [1.29, 1.82) is 0 Å². The fraction of sp³-hybridized carbons (Fsp3) is 0.0667. The molecule has 0 spiro atoms. The molecule has 0 heterocycles. The molecular formula is C15H13N3O4. The van der Waals surface area contributed by atoms with Crippen molar-refractivity contribution in [2.75, 3.05) is 5.32 Å². The van der Waals surface area contributed by atoms with E-state index in [0.29, 0.717) is 11.3 Å². The first-order valence-corrected chi connectivity index (χ1v) is 6.35. The van der Waals surface area contributed by atoms with Gasteiger partial charge in [0, 0.05) is 28.4 Å². The zero-order valence-corrected chi connectivity index (χ0v) is 11.7. The number of amides is 2. The summed E-state index contributed by atoms with van der Waals surface area (Å²) in [4.78, 5) is 33.6. The van der Waals surface area contributed by atoms with Crippen LogP contribution in [0.25, 0.3) is 0 Å². The van der Waals surface area contributed by atoms with Crippen molar-refractivity contribution in [3.63, 3.8) is 0 Å². The maximum Gasteiger partial charge on any atom is 0.273 e. The van der Waals surface area contributed by atoms with Gasteiger partial charge in [0.15, 0.2) is 0 Å². The van der Waals surface area contributed by atoms with Gasteiger partial charge in [0.05, 0.1) is 4.92 Å². The van der Waals surface area contributed by atoms with Crippen molar-refractivity contribution < 1.29 is 14.5 Å². The molecule has 7 nitrogen and oxygen atoms in total. The fourth-order valence-electron chi connectivity index (χ4n) is 1.90. The van der Waals surface area contributed by atoms with Crippen molar-refractivity contribution in [2.24, 2.45) is 5.73 Å². The third-order valence-electron chi connectivity index (χ3n) is 3.07. The second kappa shape index (κ2) is 6.04. The third kappa shape index (κ3) is 3.26. The van der Waals surface area contributed by atoms with Crippen molar-refractivity contribution in [3.8, 4) is 0 Å². The fourth-order valence-corrected chi connectivity index (χ4v) is 1.90. The van der Waals surface area contributed by atoms with Gasteiger partial charge in [-0.15, -0.1) is 0 Å². The molecule has 0 fully saturated rings. The lowest BCUT2D eigenvalue weighted by molar-refractivity contribution is -0.385. The molecule has 0 aromatic heterocycles. The molecule has 2 rings (SSSR count). The van der Waals surface area contributed by atoms with Crippen LogP contribution in [0.3, 0.4) is 0 Å². The van der Waals surface area contributed by atoms with Gasteiger partial charge in [0.2, 0.25) is 5.91 Å². The molecule has 7 heteroatoms. The number of benzene rings is 2. The van der Waals surface area contributed by atoms with Gasteiger partial charge in [-0.05, 0) is 31.2 Å². The van der Waals surface area contributed by atoms with Gasteiger partial charge < -0.3 is 11.1 Å². The number of primary amides is 1. The molecule has 0 radical (unpaired) electrons. The Morgan fingerprint density at radius 3 is 2.50 bits per heavy atom. The summed E-state index contributed by atoms with van der Waals surface area (Å²) in [6.07, 6.45) is 0. The summed E-state index contributed by atoms with van der Waals surface area (Å²) in [5.74, 6) is -1.12. The van der Waals surface area contributed by atoms with Crippen molar-refractivity contribution in [1.82, 2.24) is 0 Å². The second-order valence-electron chi connectivity index (χ2n) is 4.66. The van der Waals surface area contributed by atoms with Crippen LogP contribution >= 0.6 is 0 Å². The number of nitrogens with zero attached hydrogens (tertiary/aromatic N) is 1. The molecule has 2 amide bonds. The lowest BCUT2D eigenvalue weighted by Crippen LogP contribution is -2.14. The van der Waals surface area contributed by atoms with E-state index in [1.807, 2.05) is 0 Å². The lowest BCUT2D eigenvalue weighted by Gasteiger charge is -2.07. The van der Waals surface area contributed by atoms with Crippen LogP contribution < -0.4 is 11.1 Å². The highest BCUT2D eigenvalue weighted by atomic mass is 16.6. The zero-order valence-electron chi connectivity index (χ0n) is 11.7. The van der Waals surface area contributed by atoms with Crippen LogP contribution in [-0.4, -0.2) is 16.7 Å². The van der Waals surface area contributed by atoms with Crippen LogP contribution in [0.5, 0.6) is 0 Å².